The smallest absolute Gasteiger partial charge is 0.247 e. The Bertz CT molecular complexity index is 976. The molecule has 7 nitrogen and oxygen atoms in total. The van der Waals surface area contributed by atoms with Gasteiger partial charge in [0, 0.05) is 19.5 Å². The minimum Gasteiger partial charge on any atom is -0.350 e. The second-order valence-corrected chi connectivity index (χ2v) is 8.86. The predicted molar refractivity (Wildman–Crippen MR) is 112 cm³/mol. The molecular weight excluding hydrogens is 390 g/mol. The second-order valence-electron chi connectivity index (χ2n) is 7.11. The van der Waals surface area contributed by atoms with E-state index >= 15 is 0 Å². The zero-order chi connectivity index (χ0) is 20.9. The van der Waals surface area contributed by atoms with E-state index < -0.39 is 16.1 Å². The largest absolute Gasteiger partial charge is 0.350 e. The van der Waals surface area contributed by atoms with Crippen LogP contribution in [0.15, 0.2) is 54.6 Å². The summed E-state index contributed by atoms with van der Waals surface area (Å²) in [5, 5.41) is 2.87. The number of hydrogen-bond donors (Lipinski definition) is 2. The Labute approximate surface area is 171 Å². The molecule has 1 fully saturated rings. The fraction of sp³-hybridized carbons (Fsp3) is 0.333. The quantitative estimate of drug-likeness (QED) is 0.726. The number of carbonyl (C=O) groups is 2. The normalized spacial score (nSPS) is 15.6. The van der Waals surface area contributed by atoms with Crippen LogP contribution in [0.4, 0.5) is 5.69 Å². The molecule has 2 N–H and O–H groups in total. The number of nitrogens with zero attached hydrogens (tertiary/aromatic N) is 1. The Hall–Kier alpha value is -2.87. The van der Waals surface area contributed by atoms with Crippen molar-refractivity contribution >= 4 is 27.5 Å². The minimum absolute atomic E-state index is 0.0283. The van der Waals surface area contributed by atoms with E-state index in [2.05, 4.69) is 10.0 Å². The topological polar surface area (TPSA) is 95.6 Å². The van der Waals surface area contributed by atoms with Gasteiger partial charge in [-0.3, -0.25) is 14.3 Å². The van der Waals surface area contributed by atoms with Crippen molar-refractivity contribution in [3.63, 3.8) is 0 Å². The van der Waals surface area contributed by atoms with Gasteiger partial charge in [-0.1, -0.05) is 48.5 Å². The first-order chi connectivity index (χ1) is 13.8. The molecule has 1 aliphatic rings. The van der Waals surface area contributed by atoms with Gasteiger partial charge >= 0.3 is 0 Å². The minimum atomic E-state index is -3.44. The molecule has 0 saturated carbocycles. The molecule has 1 unspecified atom stereocenters. The summed E-state index contributed by atoms with van der Waals surface area (Å²) in [7, 11) is -3.44. The van der Waals surface area contributed by atoms with Crippen LogP contribution in [0.3, 0.4) is 0 Å². The monoisotopic (exact) mass is 415 g/mol. The molecule has 1 heterocycles. The molecule has 3 rings (SSSR count). The summed E-state index contributed by atoms with van der Waals surface area (Å²) in [6, 6.07) is 15.4. The Morgan fingerprint density at radius 1 is 1.07 bits per heavy atom. The van der Waals surface area contributed by atoms with Gasteiger partial charge in [-0.25, -0.2) is 8.42 Å². The van der Waals surface area contributed by atoms with E-state index in [1.165, 1.54) is 0 Å². The first-order valence-corrected chi connectivity index (χ1v) is 11.4. The van der Waals surface area contributed by atoms with Crippen LogP contribution in [-0.2, 0) is 26.2 Å². The van der Waals surface area contributed by atoms with Crippen molar-refractivity contribution in [1.82, 2.24) is 10.2 Å². The van der Waals surface area contributed by atoms with Crippen molar-refractivity contribution in [2.24, 2.45) is 0 Å². The van der Waals surface area contributed by atoms with Gasteiger partial charge < -0.3 is 10.2 Å². The molecule has 0 bridgehead atoms. The van der Waals surface area contributed by atoms with Crippen molar-refractivity contribution in [3.8, 4) is 0 Å². The van der Waals surface area contributed by atoms with E-state index in [9.17, 15) is 18.0 Å². The first kappa shape index (κ1) is 20.9. The molecule has 1 aliphatic heterocycles. The Balaban J connectivity index is 1.80. The van der Waals surface area contributed by atoms with Crippen molar-refractivity contribution in [1.29, 1.82) is 0 Å². The fourth-order valence-electron chi connectivity index (χ4n) is 3.46. The summed E-state index contributed by atoms with van der Waals surface area (Å²) < 4.78 is 25.6. The summed E-state index contributed by atoms with van der Waals surface area (Å²) >= 11 is 0. The number of sulfonamides is 1. The van der Waals surface area contributed by atoms with Gasteiger partial charge in [0.25, 0.3) is 0 Å². The number of benzene rings is 2. The number of nitrogens with one attached hydrogen (secondary N) is 2. The van der Waals surface area contributed by atoms with Gasteiger partial charge in [-0.05, 0) is 30.0 Å². The van der Waals surface area contributed by atoms with Crippen LogP contribution < -0.4 is 10.0 Å². The van der Waals surface area contributed by atoms with Crippen molar-refractivity contribution < 1.29 is 18.0 Å². The summed E-state index contributed by atoms with van der Waals surface area (Å²) in [6.45, 7) is 0.681. The number of piperidine rings is 1. The highest BCUT2D eigenvalue weighted by Crippen LogP contribution is 2.26. The zero-order valence-corrected chi connectivity index (χ0v) is 17.1. The molecule has 0 aromatic heterocycles. The maximum Gasteiger partial charge on any atom is 0.247 e. The molecule has 0 radical (unpaired) electrons. The third-order valence-corrected chi connectivity index (χ3v) is 5.39. The van der Waals surface area contributed by atoms with Crippen molar-refractivity contribution in [3.05, 3.63) is 65.7 Å². The molecule has 154 valence electrons. The Morgan fingerprint density at radius 3 is 2.45 bits per heavy atom. The van der Waals surface area contributed by atoms with Crippen LogP contribution in [0.1, 0.15) is 36.4 Å². The highest BCUT2D eigenvalue weighted by molar-refractivity contribution is 7.92. The van der Waals surface area contributed by atoms with Crippen LogP contribution in [-0.4, -0.2) is 37.9 Å². The van der Waals surface area contributed by atoms with E-state index in [0.717, 1.165) is 24.7 Å². The van der Waals surface area contributed by atoms with E-state index in [1.807, 2.05) is 30.3 Å². The van der Waals surface area contributed by atoms with Gasteiger partial charge in [0.05, 0.1) is 11.9 Å². The highest BCUT2D eigenvalue weighted by atomic mass is 32.2. The summed E-state index contributed by atoms with van der Waals surface area (Å²) in [5.41, 5.74) is 1.81. The lowest BCUT2D eigenvalue weighted by atomic mass is 10.0. The van der Waals surface area contributed by atoms with Crippen LogP contribution in [0.2, 0.25) is 0 Å². The molecule has 0 spiro atoms. The average molecular weight is 416 g/mol. The highest BCUT2D eigenvalue weighted by Gasteiger charge is 2.32. The van der Waals surface area contributed by atoms with Crippen LogP contribution in [0.5, 0.6) is 0 Å². The maximum absolute atomic E-state index is 13.1. The number of hydrogen-bond acceptors (Lipinski definition) is 4. The third-order valence-electron chi connectivity index (χ3n) is 4.80. The summed E-state index contributed by atoms with van der Waals surface area (Å²) in [5.74, 6) is -0.319. The van der Waals surface area contributed by atoms with Crippen molar-refractivity contribution in [2.75, 3.05) is 17.5 Å². The molecule has 2 aromatic rings. The van der Waals surface area contributed by atoms with Gasteiger partial charge in [-0.15, -0.1) is 0 Å². The lowest BCUT2D eigenvalue weighted by molar-refractivity contribution is -0.142. The number of anilines is 1. The fourth-order valence-corrected chi connectivity index (χ4v) is 4.06. The molecule has 8 heteroatoms. The van der Waals surface area contributed by atoms with Crippen LogP contribution >= 0.6 is 0 Å². The standard InChI is InChI=1S/C21H25N3O4S/c1-29(27,28)23-18-12-6-5-11-17(18)15-22-21(26)20(16-9-3-2-4-10-16)24-14-8-7-13-19(24)25/h2-6,9-12,20,23H,7-8,13-15H2,1H3,(H,22,26). The maximum atomic E-state index is 13.1. The van der Waals surface area contributed by atoms with Gasteiger partial charge in [0.15, 0.2) is 0 Å². The van der Waals surface area contributed by atoms with Gasteiger partial charge in [0.2, 0.25) is 21.8 Å². The van der Waals surface area contributed by atoms with E-state index in [4.69, 9.17) is 0 Å². The summed E-state index contributed by atoms with van der Waals surface area (Å²) in [6.07, 6.45) is 3.22. The van der Waals surface area contributed by atoms with E-state index in [0.29, 0.717) is 24.2 Å². The number of para-hydroxylation sites is 1. The van der Waals surface area contributed by atoms with E-state index in [-0.39, 0.29) is 18.4 Å². The van der Waals surface area contributed by atoms with Gasteiger partial charge in [0.1, 0.15) is 6.04 Å². The Morgan fingerprint density at radius 2 is 1.76 bits per heavy atom. The van der Waals surface area contributed by atoms with Crippen LogP contribution in [0, 0.1) is 0 Å². The number of likely N-dealkylation sites (tertiary alicyclic amines) is 1. The zero-order valence-electron chi connectivity index (χ0n) is 16.3. The Kier molecular flexibility index (Phi) is 6.53. The second kappa shape index (κ2) is 9.09. The van der Waals surface area contributed by atoms with Crippen molar-refractivity contribution in [2.45, 2.75) is 31.8 Å². The molecule has 1 saturated heterocycles. The molecule has 0 aliphatic carbocycles. The predicted octanol–water partition coefficient (Wildman–Crippen LogP) is 2.43. The molecule has 2 amide bonds. The molecule has 29 heavy (non-hydrogen) atoms. The average Bonchev–Trinajstić information content (AvgIpc) is 2.69. The number of rotatable bonds is 7. The van der Waals surface area contributed by atoms with Gasteiger partial charge in [-0.2, -0.15) is 0 Å². The molecule has 1 atom stereocenters. The third kappa shape index (κ3) is 5.57. The first-order valence-electron chi connectivity index (χ1n) is 9.53. The number of amides is 2. The summed E-state index contributed by atoms with van der Waals surface area (Å²) in [4.78, 5) is 27.2. The lowest BCUT2D eigenvalue weighted by Gasteiger charge is -2.34. The molecular formula is C21H25N3O4S. The van der Waals surface area contributed by atoms with E-state index in [1.54, 1.807) is 29.2 Å². The SMILES string of the molecule is CS(=O)(=O)Nc1ccccc1CNC(=O)C(c1ccccc1)N1CCCCC1=O. The number of carbonyl (C=O) groups excluding carboxylic acids is 2. The molecule has 2 aromatic carbocycles. The lowest BCUT2D eigenvalue weighted by Crippen LogP contribution is -2.45. The van der Waals surface area contributed by atoms with Crippen LogP contribution in [0.25, 0.3) is 0 Å².